The van der Waals surface area contributed by atoms with Gasteiger partial charge in [-0.05, 0) is 50.6 Å². The van der Waals surface area contributed by atoms with Crippen LogP contribution in [0.1, 0.15) is 39.5 Å². The van der Waals surface area contributed by atoms with Gasteiger partial charge in [0.05, 0.1) is 6.10 Å². The summed E-state index contributed by atoms with van der Waals surface area (Å²) in [4.78, 5) is 5.45. The number of nitrogens with zero attached hydrogens (tertiary/aromatic N) is 2. The predicted octanol–water partition coefficient (Wildman–Crippen LogP) is 2.22. The molecule has 4 aliphatic heterocycles. The molecule has 3 heteroatoms. The topological polar surface area (TPSA) is 15.7 Å². The van der Waals surface area contributed by atoms with E-state index in [0.717, 1.165) is 24.5 Å². The molecule has 0 radical (unpaired) electrons. The Morgan fingerprint density at radius 2 is 2.00 bits per heavy atom. The van der Waals surface area contributed by atoms with Gasteiger partial charge in [-0.1, -0.05) is 13.8 Å². The van der Waals surface area contributed by atoms with Gasteiger partial charge in [0, 0.05) is 32.3 Å². The summed E-state index contributed by atoms with van der Waals surface area (Å²) in [6.45, 7) is 12.1. The molecule has 0 amide bonds. The van der Waals surface area contributed by atoms with E-state index < -0.39 is 0 Å². The molecule has 2 unspecified atom stereocenters. The van der Waals surface area contributed by atoms with Crippen LogP contribution >= 0.6 is 0 Å². The van der Waals surface area contributed by atoms with E-state index in [9.17, 15) is 0 Å². The van der Waals surface area contributed by atoms with Crippen LogP contribution in [0.2, 0.25) is 0 Å². The predicted molar refractivity (Wildman–Crippen MR) is 78.3 cm³/mol. The lowest BCUT2D eigenvalue weighted by atomic mass is 9.82. The minimum Gasteiger partial charge on any atom is -0.377 e. The van der Waals surface area contributed by atoms with E-state index in [1.165, 1.54) is 58.4 Å². The van der Waals surface area contributed by atoms with E-state index in [4.69, 9.17) is 4.74 Å². The van der Waals surface area contributed by atoms with E-state index in [2.05, 4.69) is 23.6 Å². The van der Waals surface area contributed by atoms with Crippen LogP contribution in [0.25, 0.3) is 0 Å². The van der Waals surface area contributed by atoms with Crippen LogP contribution in [0.4, 0.5) is 0 Å². The van der Waals surface area contributed by atoms with Gasteiger partial charge in [0.25, 0.3) is 0 Å². The Hall–Kier alpha value is -0.120. The number of ether oxygens (including phenoxy) is 1. The maximum absolute atomic E-state index is 5.88. The summed E-state index contributed by atoms with van der Waals surface area (Å²) in [5.41, 5.74) is 0. The van der Waals surface area contributed by atoms with Crippen LogP contribution < -0.4 is 0 Å². The molecule has 19 heavy (non-hydrogen) atoms. The van der Waals surface area contributed by atoms with Gasteiger partial charge in [-0.25, -0.2) is 0 Å². The molecule has 4 aliphatic rings. The second-order valence-electron chi connectivity index (χ2n) is 7.19. The maximum Gasteiger partial charge on any atom is 0.0702 e. The Morgan fingerprint density at radius 1 is 1.21 bits per heavy atom. The summed E-state index contributed by atoms with van der Waals surface area (Å²) < 4.78 is 5.88. The molecule has 0 N–H and O–H groups in total. The first kappa shape index (κ1) is 13.8. The lowest BCUT2D eigenvalue weighted by molar-refractivity contribution is -0.0228. The monoisotopic (exact) mass is 266 g/mol. The zero-order valence-electron chi connectivity index (χ0n) is 12.7. The first-order valence-corrected chi connectivity index (χ1v) is 8.30. The Bertz CT molecular complexity index is 280. The highest BCUT2D eigenvalue weighted by molar-refractivity contribution is 4.93. The molecule has 2 atom stereocenters. The third kappa shape index (κ3) is 3.32. The number of hydrogen-bond acceptors (Lipinski definition) is 3. The van der Waals surface area contributed by atoms with E-state index in [0.29, 0.717) is 6.10 Å². The molecule has 3 nitrogen and oxygen atoms in total. The molecule has 0 aromatic rings. The van der Waals surface area contributed by atoms with Crippen molar-refractivity contribution in [2.45, 2.75) is 51.7 Å². The van der Waals surface area contributed by atoms with E-state index in [-0.39, 0.29) is 0 Å². The molecule has 0 aromatic carbocycles. The first-order chi connectivity index (χ1) is 9.22. The summed E-state index contributed by atoms with van der Waals surface area (Å²) in [5, 5.41) is 0. The summed E-state index contributed by atoms with van der Waals surface area (Å²) >= 11 is 0. The van der Waals surface area contributed by atoms with E-state index in [1.807, 2.05) is 0 Å². The van der Waals surface area contributed by atoms with Crippen molar-refractivity contribution in [2.24, 2.45) is 11.8 Å². The second-order valence-corrected chi connectivity index (χ2v) is 7.19. The molecule has 0 spiro atoms. The average Bonchev–Trinajstić information content (AvgIpc) is 2.92. The van der Waals surface area contributed by atoms with E-state index >= 15 is 0 Å². The quantitative estimate of drug-likeness (QED) is 0.759. The molecule has 0 aliphatic carbocycles. The smallest absolute Gasteiger partial charge is 0.0702 e. The number of rotatable bonds is 5. The van der Waals surface area contributed by atoms with Crippen LogP contribution in [0.5, 0.6) is 0 Å². The standard InChI is InChI=1S/C16H30N2O/c1-13(2)10-18(11-15-4-3-9-19-15)16-12-17-7-5-14(16)6-8-17/h13-16H,3-12H2,1-2H3. The molecule has 0 aromatic heterocycles. The van der Waals surface area contributed by atoms with Crippen LogP contribution in [-0.4, -0.2) is 61.3 Å². The van der Waals surface area contributed by atoms with Gasteiger partial charge in [0.2, 0.25) is 0 Å². The lowest BCUT2D eigenvalue weighted by Gasteiger charge is -2.50. The largest absolute Gasteiger partial charge is 0.377 e. The fourth-order valence-electron chi connectivity index (χ4n) is 4.21. The average molecular weight is 266 g/mol. The van der Waals surface area contributed by atoms with Gasteiger partial charge in [-0.3, -0.25) is 4.90 Å². The Labute approximate surface area is 118 Å². The molecule has 2 bridgehead atoms. The molecule has 0 saturated carbocycles. The molecule has 4 fully saturated rings. The highest BCUT2D eigenvalue weighted by Crippen LogP contribution is 2.32. The van der Waals surface area contributed by atoms with Gasteiger partial charge in [0.15, 0.2) is 0 Å². The molecule has 110 valence electrons. The summed E-state index contributed by atoms with van der Waals surface area (Å²) in [5.74, 6) is 1.71. The third-order valence-corrected chi connectivity index (χ3v) is 5.15. The molecule has 4 rings (SSSR count). The maximum atomic E-state index is 5.88. The lowest BCUT2D eigenvalue weighted by Crippen LogP contribution is -2.59. The van der Waals surface area contributed by atoms with Crippen molar-refractivity contribution in [1.82, 2.24) is 9.80 Å². The number of hydrogen-bond donors (Lipinski definition) is 0. The van der Waals surface area contributed by atoms with Gasteiger partial charge < -0.3 is 9.64 Å². The van der Waals surface area contributed by atoms with Crippen molar-refractivity contribution < 1.29 is 4.74 Å². The Morgan fingerprint density at radius 3 is 2.53 bits per heavy atom. The van der Waals surface area contributed by atoms with Crippen molar-refractivity contribution >= 4 is 0 Å². The molecule has 4 heterocycles. The van der Waals surface area contributed by atoms with Gasteiger partial charge in [-0.15, -0.1) is 0 Å². The Balaban J connectivity index is 1.63. The SMILES string of the molecule is CC(C)CN(CC1CCCO1)C1CN2CCC1CC2. The highest BCUT2D eigenvalue weighted by atomic mass is 16.5. The minimum atomic E-state index is 0.509. The summed E-state index contributed by atoms with van der Waals surface area (Å²) in [6.07, 6.45) is 5.89. The Kier molecular flexibility index (Phi) is 4.45. The normalized spacial score (nSPS) is 38.5. The summed E-state index contributed by atoms with van der Waals surface area (Å²) in [7, 11) is 0. The minimum absolute atomic E-state index is 0.509. The van der Waals surface area contributed by atoms with Gasteiger partial charge in [0.1, 0.15) is 0 Å². The van der Waals surface area contributed by atoms with Crippen molar-refractivity contribution in [3.05, 3.63) is 0 Å². The second kappa shape index (κ2) is 6.11. The zero-order chi connectivity index (χ0) is 13.2. The van der Waals surface area contributed by atoms with Crippen LogP contribution in [0, 0.1) is 11.8 Å². The number of piperidine rings is 3. The van der Waals surface area contributed by atoms with E-state index in [1.54, 1.807) is 0 Å². The molecule has 4 saturated heterocycles. The first-order valence-electron chi connectivity index (χ1n) is 8.30. The van der Waals surface area contributed by atoms with Gasteiger partial charge in [-0.2, -0.15) is 0 Å². The van der Waals surface area contributed by atoms with Crippen molar-refractivity contribution in [3.63, 3.8) is 0 Å². The van der Waals surface area contributed by atoms with Gasteiger partial charge >= 0.3 is 0 Å². The highest BCUT2D eigenvalue weighted by Gasteiger charge is 2.38. The molecular formula is C16H30N2O. The van der Waals surface area contributed by atoms with Crippen molar-refractivity contribution in [3.8, 4) is 0 Å². The number of fused-ring (bicyclic) bond motifs is 3. The fraction of sp³-hybridized carbons (Fsp3) is 1.00. The van der Waals surface area contributed by atoms with Crippen LogP contribution in [-0.2, 0) is 4.74 Å². The third-order valence-electron chi connectivity index (χ3n) is 5.15. The van der Waals surface area contributed by atoms with Crippen molar-refractivity contribution in [2.75, 3.05) is 39.3 Å². The van der Waals surface area contributed by atoms with Crippen LogP contribution in [0.3, 0.4) is 0 Å². The fourth-order valence-corrected chi connectivity index (χ4v) is 4.21. The zero-order valence-corrected chi connectivity index (χ0v) is 12.7. The van der Waals surface area contributed by atoms with Crippen LogP contribution in [0.15, 0.2) is 0 Å². The van der Waals surface area contributed by atoms with Crippen molar-refractivity contribution in [1.29, 1.82) is 0 Å². The summed E-state index contributed by atoms with van der Waals surface area (Å²) in [6, 6.07) is 0.800. The molecular weight excluding hydrogens is 236 g/mol.